The van der Waals surface area contributed by atoms with Crippen molar-refractivity contribution in [1.29, 1.82) is 0 Å². The summed E-state index contributed by atoms with van der Waals surface area (Å²) in [7, 11) is 0. The number of aromatic amines is 1. The van der Waals surface area contributed by atoms with Gasteiger partial charge in [-0.1, -0.05) is 13.8 Å². The summed E-state index contributed by atoms with van der Waals surface area (Å²) in [5, 5.41) is 11.4. The first kappa shape index (κ1) is 14.8. The number of aromatic nitrogens is 4. The highest BCUT2D eigenvalue weighted by Gasteiger charge is 2.31. The highest BCUT2D eigenvalue weighted by Crippen LogP contribution is 2.21. The van der Waals surface area contributed by atoms with E-state index in [4.69, 9.17) is 0 Å². The van der Waals surface area contributed by atoms with Crippen LogP contribution in [-0.2, 0) is 13.0 Å². The van der Waals surface area contributed by atoms with Gasteiger partial charge in [0.15, 0.2) is 0 Å². The average Bonchev–Trinajstić information content (AvgIpc) is 3.19. The summed E-state index contributed by atoms with van der Waals surface area (Å²) in [6, 6.07) is 4.01. The predicted octanol–water partition coefficient (Wildman–Crippen LogP) is 2.11. The van der Waals surface area contributed by atoms with Gasteiger partial charge in [0, 0.05) is 24.6 Å². The maximum atomic E-state index is 12.7. The van der Waals surface area contributed by atoms with Gasteiger partial charge in [0.05, 0.1) is 12.6 Å². The van der Waals surface area contributed by atoms with Crippen LogP contribution in [0.15, 0.2) is 24.5 Å². The Bertz CT molecular complexity index is 616. The molecule has 1 amide bonds. The molecule has 3 rings (SSSR count). The normalized spacial score (nSPS) is 18.3. The number of nitrogens with zero attached hydrogens (tertiary/aromatic N) is 4. The van der Waals surface area contributed by atoms with Crippen molar-refractivity contribution < 1.29 is 4.79 Å². The fraction of sp³-hybridized carbons (Fsp3) is 0.562. The number of carbonyl (C=O) groups excluding carboxylic acids is 1. The summed E-state index contributed by atoms with van der Waals surface area (Å²) >= 11 is 0. The molecule has 0 radical (unpaired) electrons. The standard InChI is InChI=1S/C16H23N5O/c1-12(2)9-13-10-15(19-18-13)16(22)21-8-3-5-14(21)11-20-7-4-6-17-20/h4,6-7,10,12,14H,3,5,8-9,11H2,1-2H3,(H,18,19)/t14-/m1/s1. The molecule has 118 valence electrons. The van der Waals surface area contributed by atoms with Gasteiger partial charge >= 0.3 is 0 Å². The fourth-order valence-corrected chi connectivity index (χ4v) is 3.08. The third-order valence-electron chi connectivity index (χ3n) is 4.07. The topological polar surface area (TPSA) is 66.8 Å². The van der Waals surface area contributed by atoms with Crippen LogP contribution in [0, 0.1) is 5.92 Å². The maximum absolute atomic E-state index is 12.7. The van der Waals surface area contributed by atoms with E-state index in [9.17, 15) is 4.79 Å². The zero-order chi connectivity index (χ0) is 15.5. The minimum atomic E-state index is 0.0286. The molecule has 0 aliphatic carbocycles. The Morgan fingerprint density at radius 1 is 1.50 bits per heavy atom. The molecule has 2 aromatic heterocycles. The molecular weight excluding hydrogens is 278 g/mol. The van der Waals surface area contributed by atoms with Crippen LogP contribution >= 0.6 is 0 Å². The van der Waals surface area contributed by atoms with Gasteiger partial charge in [-0.2, -0.15) is 10.2 Å². The first-order chi connectivity index (χ1) is 10.6. The summed E-state index contributed by atoms with van der Waals surface area (Å²) in [5.74, 6) is 0.573. The SMILES string of the molecule is CC(C)Cc1cc(C(=O)N2CCC[C@@H]2Cn2cccn2)n[nH]1. The quantitative estimate of drug-likeness (QED) is 0.919. The lowest BCUT2D eigenvalue weighted by molar-refractivity contribution is 0.0715. The third kappa shape index (κ3) is 3.21. The van der Waals surface area contributed by atoms with E-state index in [0.717, 1.165) is 38.0 Å². The molecule has 0 unspecified atom stereocenters. The molecule has 1 N–H and O–H groups in total. The van der Waals surface area contributed by atoms with E-state index in [1.165, 1.54) is 0 Å². The lowest BCUT2D eigenvalue weighted by Gasteiger charge is -2.23. The van der Waals surface area contributed by atoms with E-state index < -0.39 is 0 Å². The summed E-state index contributed by atoms with van der Waals surface area (Å²) in [6.07, 6.45) is 6.69. The second kappa shape index (κ2) is 6.34. The average molecular weight is 301 g/mol. The van der Waals surface area contributed by atoms with Crippen molar-refractivity contribution in [1.82, 2.24) is 24.9 Å². The van der Waals surface area contributed by atoms with Gasteiger partial charge < -0.3 is 4.90 Å². The lowest BCUT2D eigenvalue weighted by Crippen LogP contribution is -2.38. The van der Waals surface area contributed by atoms with Crippen molar-refractivity contribution in [2.45, 2.75) is 45.7 Å². The zero-order valence-electron chi connectivity index (χ0n) is 13.2. The van der Waals surface area contributed by atoms with Crippen molar-refractivity contribution in [3.8, 4) is 0 Å². The number of amides is 1. The highest BCUT2D eigenvalue weighted by atomic mass is 16.2. The number of nitrogens with one attached hydrogen (secondary N) is 1. The van der Waals surface area contributed by atoms with E-state index in [1.807, 2.05) is 27.9 Å². The monoisotopic (exact) mass is 301 g/mol. The first-order valence-corrected chi connectivity index (χ1v) is 7.96. The zero-order valence-corrected chi connectivity index (χ0v) is 13.2. The molecule has 1 saturated heterocycles. The van der Waals surface area contributed by atoms with Gasteiger partial charge in [-0.25, -0.2) is 0 Å². The summed E-state index contributed by atoms with van der Waals surface area (Å²) in [4.78, 5) is 14.6. The molecule has 1 fully saturated rings. The largest absolute Gasteiger partial charge is 0.332 e. The molecular formula is C16H23N5O. The highest BCUT2D eigenvalue weighted by molar-refractivity contribution is 5.92. The van der Waals surface area contributed by atoms with E-state index in [0.29, 0.717) is 11.6 Å². The van der Waals surface area contributed by atoms with Crippen molar-refractivity contribution in [2.24, 2.45) is 5.92 Å². The van der Waals surface area contributed by atoms with Crippen LogP contribution in [0.3, 0.4) is 0 Å². The van der Waals surface area contributed by atoms with Crippen LogP contribution in [0.1, 0.15) is 42.9 Å². The van der Waals surface area contributed by atoms with Gasteiger partial charge in [0.1, 0.15) is 5.69 Å². The van der Waals surface area contributed by atoms with E-state index >= 15 is 0 Å². The number of likely N-dealkylation sites (tertiary alicyclic amines) is 1. The number of carbonyl (C=O) groups is 1. The number of hydrogen-bond donors (Lipinski definition) is 1. The Labute approximate surface area is 130 Å². The number of rotatable bonds is 5. The van der Waals surface area contributed by atoms with E-state index in [1.54, 1.807) is 6.20 Å². The summed E-state index contributed by atoms with van der Waals surface area (Å²) < 4.78 is 1.89. The molecule has 22 heavy (non-hydrogen) atoms. The molecule has 3 heterocycles. The smallest absolute Gasteiger partial charge is 0.274 e. The molecule has 0 spiro atoms. The summed E-state index contributed by atoms with van der Waals surface area (Å²) in [5.41, 5.74) is 1.56. The molecule has 1 atom stereocenters. The second-order valence-corrected chi connectivity index (χ2v) is 6.40. The van der Waals surface area contributed by atoms with Crippen LogP contribution < -0.4 is 0 Å². The molecule has 6 heteroatoms. The maximum Gasteiger partial charge on any atom is 0.274 e. The van der Waals surface area contributed by atoms with Gasteiger partial charge in [-0.15, -0.1) is 0 Å². The second-order valence-electron chi connectivity index (χ2n) is 6.40. The van der Waals surface area contributed by atoms with Crippen LogP contribution in [-0.4, -0.2) is 43.4 Å². The molecule has 0 aromatic carbocycles. The van der Waals surface area contributed by atoms with Crippen molar-refractivity contribution >= 4 is 5.91 Å². The molecule has 0 saturated carbocycles. The third-order valence-corrected chi connectivity index (χ3v) is 4.07. The Hall–Kier alpha value is -2.11. The molecule has 6 nitrogen and oxygen atoms in total. The molecule has 0 bridgehead atoms. The minimum absolute atomic E-state index is 0.0286. The van der Waals surface area contributed by atoms with Gasteiger partial charge in [0.2, 0.25) is 0 Å². The van der Waals surface area contributed by atoms with Crippen molar-refractivity contribution in [2.75, 3.05) is 6.54 Å². The fourth-order valence-electron chi connectivity index (χ4n) is 3.08. The molecule has 1 aliphatic rings. The molecule has 2 aromatic rings. The predicted molar refractivity (Wildman–Crippen MR) is 83.4 cm³/mol. The van der Waals surface area contributed by atoms with Crippen LogP contribution in [0.5, 0.6) is 0 Å². The van der Waals surface area contributed by atoms with Crippen LogP contribution in [0.25, 0.3) is 0 Å². The number of hydrogen-bond acceptors (Lipinski definition) is 3. The first-order valence-electron chi connectivity index (χ1n) is 7.96. The minimum Gasteiger partial charge on any atom is -0.332 e. The summed E-state index contributed by atoms with van der Waals surface area (Å²) in [6.45, 7) is 5.87. The van der Waals surface area contributed by atoms with Gasteiger partial charge in [-0.3, -0.25) is 14.6 Å². The van der Waals surface area contributed by atoms with E-state index in [2.05, 4.69) is 29.1 Å². The van der Waals surface area contributed by atoms with E-state index in [-0.39, 0.29) is 11.9 Å². The van der Waals surface area contributed by atoms with Crippen LogP contribution in [0.4, 0.5) is 0 Å². The van der Waals surface area contributed by atoms with Crippen molar-refractivity contribution in [3.63, 3.8) is 0 Å². The van der Waals surface area contributed by atoms with Crippen LogP contribution in [0.2, 0.25) is 0 Å². The Morgan fingerprint density at radius 3 is 3.09 bits per heavy atom. The Morgan fingerprint density at radius 2 is 2.36 bits per heavy atom. The number of H-pyrrole nitrogens is 1. The molecule has 1 aliphatic heterocycles. The van der Waals surface area contributed by atoms with Crippen molar-refractivity contribution in [3.05, 3.63) is 35.9 Å². The Balaban J connectivity index is 1.69. The van der Waals surface area contributed by atoms with Gasteiger partial charge in [0.25, 0.3) is 5.91 Å². The lowest BCUT2D eigenvalue weighted by atomic mass is 10.1. The Kier molecular flexibility index (Phi) is 4.27. The van der Waals surface area contributed by atoms with Gasteiger partial charge in [-0.05, 0) is 37.3 Å².